The molecule has 0 aliphatic carbocycles. The molecule has 1 heterocycles. The van der Waals surface area contributed by atoms with Gasteiger partial charge in [-0.15, -0.1) is 0 Å². The van der Waals surface area contributed by atoms with Crippen molar-refractivity contribution in [2.75, 3.05) is 27.2 Å². The van der Waals surface area contributed by atoms with E-state index in [-0.39, 0.29) is 17.6 Å². The second-order valence-electron chi connectivity index (χ2n) is 8.71. The summed E-state index contributed by atoms with van der Waals surface area (Å²) >= 11 is 0. The number of amides is 1. The Labute approximate surface area is 185 Å². The molecule has 0 saturated heterocycles. The first-order chi connectivity index (χ1) is 14.8. The number of para-hydroxylation sites is 1. The number of carbonyl (C=O) groups is 1. The number of fused-ring (bicyclic) bond motifs is 1. The number of nitrogens with zero attached hydrogens (tertiary/aromatic N) is 2. The Bertz CT molecular complexity index is 937. The smallest absolute Gasteiger partial charge is 0.253 e. The van der Waals surface area contributed by atoms with Crippen LogP contribution in [0.25, 0.3) is 0 Å². The largest absolute Gasteiger partial charge is 0.487 e. The lowest BCUT2D eigenvalue weighted by Gasteiger charge is -2.38. The maximum atomic E-state index is 12.2. The predicted octanol–water partition coefficient (Wildman–Crippen LogP) is 3.79. The molecule has 1 aliphatic heterocycles. The van der Waals surface area contributed by atoms with Crippen molar-refractivity contribution in [2.45, 2.75) is 45.3 Å². The van der Waals surface area contributed by atoms with Gasteiger partial charge in [0.05, 0.1) is 6.04 Å². The maximum Gasteiger partial charge on any atom is 0.253 e. The van der Waals surface area contributed by atoms with Crippen LogP contribution in [0.15, 0.2) is 53.5 Å². The van der Waals surface area contributed by atoms with Gasteiger partial charge in [0.2, 0.25) is 0 Å². The molecule has 166 valence electrons. The van der Waals surface area contributed by atoms with Crippen molar-refractivity contribution >= 4 is 11.9 Å². The van der Waals surface area contributed by atoms with Crippen LogP contribution in [0.3, 0.4) is 0 Å². The molecule has 1 amide bonds. The van der Waals surface area contributed by atoms with Crippen LogP contribution in [-0.2, 0) is 6.42 Å². The first-order valence-corrected chi connectivity index (χ1v) is 10.9. The highest BCUT2D eigenvalue weighted by molar-refractivity contribution is 5.94. The molecule has 2 aromatic carbocycles. The third kappa shape index (κ3) is 6.00. The van der Waals surface area contributed by atoms with Crippen LogP contribution in [0.5, 0.6) is 5.75 Å². The molecule has 0 saturated carbocycles. The minimum absolute atomic E-state index is 0.0150. The molecule has 2 N–H and O–H groups in total. The third-order valence-electron chi connectivity index (χ3n) is 5.28. The summed E-state index contributed by atoms with van der Waals surface area (Å²) in [5.41, 5.74) is 2.72. The number of carbonyl (C=O) groups excluding carboxylic acids is 1. The van der Waals surface area contributed by atoms with Gasteiger partial charge in [0, 0.05) is 44.7 Å². The fraction of sp³-hybridized carbons (Fsp3) is 0.440. The van der Waals surface area contributed by atoms with Gasteiger partial charge in [0.1, 0.15) is 11.4 Å². The van der Waals surface area contributed by atoms with E-state index < -0.39 is 0 Å². The highest BCUT2D eigenvalue weighted by atomic mass is 16.5. The van der Waals surface area contributed by atoms with Crippen molar-refractivity contribution in [1.29, 1.82) is 0 Å². The Morgan fingerprint density at radius 2 is 1.97 bits per heavy atom. The van der Waals surface area contributed by atoms with E-state index >= 15 is 0 Å². The number of guanidine groups is 1. The average molecular weight is 423 g/mol. The van der Waals surface area contributed by atoms with Crippen molar-refractivity contribution < 1.29 is 9.53 Å². The summed E-state index contributed by atoms with van der Waals surface area (Å²) in [5.74, 6) is 1.73. The Morgan fingerprint density at radius 1 is 1.19 bits per heavy atom. The van der Waals surface area contributed by atoms with Gasteiger partial charge >= 0.3 is 0 Å². The van der Waals surface area contributed by atoms with Crippen LogP contribution >= 0.6 is 0 Å². The molecule has 0 radical (unpaired) electrons. The van der Waals surface area contributed by atoms with E-state index in [1.54, 1.807) is 19.0 Å². The van der Waals surface area contributed by atoms with E-state index in [2.05, 4.69) is 37.5 Å². The lowest BCUT2D eigenvalue weighted by Crippen LogP contribution is -2.45. The van der Waals surface area contributed by atoms with Gasteiger partial charge in [-0.1, -0.05) is 30.3 Å². The first kappa shape index (κ1) is 22.7. The number of ether oxygens (including phenoxy) is 1. The molecule has 0 bridgehead atoms. The van der Waals surface area contributed by atoms with Crippen molar-refractivity contribution in [3.63, 3.8) is 0 Å². The standard InChI is InChI=1S/C25H34N4O2/c1-6-26-24(27-15-14-18-10-9-11-19(16-18)23(30)29(4)5)28-21-17-25(2,3)31-22-13-8-7-12-20(21)22/h7-13,16,21H,6,14-15,17H2,1-5H3,(H2,26,27,28). The summed E-state index contributed by atoms with van der Waals surface area (Å²) in [6, 6.07) is 16.1. The van der Waals surface area contributed by atoms with E-state index in [9.17, 15) is 4.79 Å². The van der Waals surface area contributed by atoms with Crippen LogP contribution in [0.1, 0.15) is 54.7 Å². The van der Waals surface area contributed by atoms with E-state index in [1.807, 2.05) is 42.5 Å². The van der Waals surface area contributed by atoms with Crippen molar-refractivity contribution in [2.24, 2.45) is 4.99 Å². The maximum absolute atomic E-state index is 12.2. The first-order valence-electron chi connectivity index (χ1n) is 10.9. The molecule has 0 spiro atoms. The Kier molecular flexibility index (Phi) is 7.21. The Morgan fingerprint density at radius 3 is 2.71 bits per heavy atom. The fourth-order valence-electron chi connectivity index (χ4n) is 3.83. The highest BCUT2D eigenvalue weighted by Gasteiger charge is 2.33. The zero-order valence-corrected chi connectivity index (χ0v) is 19.2. The highest BCUT2D eigenvalue weighted by Crippen LogP contribution is 2.39. The van der Waals surface area contributed by atoms with Gasteiger partial charge in [0.15, 0.2) is 5.96 Å². The van der Waals surface area contributed by atoms with E-state index in [0.29, 0.717) is 12.1 Å². The molecule has 1 atom stereocenters. The molecule has 2 aromatic rings. The van der Waals surface area contributed by atoms with Gasteiger partial charge in [0.25, 0.3) is 5.91 Å². The number of hydrogen-bond donors (Lipinski definition) is 2. The molecule has 0 aromatic heterocycles. The molecule has 1 unspecified atom stereocenters. The second kappa shape index (κ2) is 9.86. The van der Waals surface area contributed by atoms with Gasteiger partial charge in [-0.25, -0.2) is 0 Å². The number of aliphatic imine (C=N–C) groups is 1. The van der Waals surface area contributed by atoms with E-state index in [4.69, 9.17) is 9.73 Å². The van der Waals surface area contributed by atoms with Crippen LogP contribution in [0, 0.1) is 0 Å². The lowest BCUT2D eigenvalue weighted by atomic mass is 9.90. The fourth-order valence-corrected chi connectivity index (χ4v) is 3.83. The van der Waals surface area contributed by atoms with Crippen LogP contribution in [-0.4, -0.2) is 49.6 Å². The molecule has 6 heteroatoms. The van der Waals surface area contributed by atoms with Crippen molar-refractivity contribution in [3.8, 4) is 5.75 Å². The Balaban J connectivity index is 1.70. The Hall–Kier alpha value is -3.02. The SMILES string of the molecule is CCNC(=NCCc1cccc(C(=O)N(C)C)c1)NC1CC(C)(C)Oc2ccccc21. The average Bonchev–Trinajstić information content (AvgIpc) is 2.72. The zero-order chi connectivity index (χ0) is 22.4. The summed E-state index contributed by atoms with van der Waals surface area (Å²) in [6.07, 6.45) is 1.62. The number of nitrogens with one attached hydrogen (secondary N) is 2. The molecule has 1 aliphatic rings. The van der Waals surface area contributed by atoms with Crippen molar-refractivity contribution in [3.05, 3.63) is 65.2 Å². The monoisotopic (exact) mass is 422 g/mol. The van der Waals surface area contributed by atoms with Gasteiger partial charge in [-0.3, -0.25) is 9.79 Å². The number of rotatable bonds is 6. The predicted molar refractivity (Wildman–Crippen MR) is 126 cm³/mol. The minimum Gasteiger partial charge on any atom is -0.487 e. The van der Waals surface area contributed by atoms with E-state index in [1.165, 1.54) is 0 Å². The molecular weight excluding hydrogens is 388 g/mol. The van der Waals surface area contributed by atoms with E-state index in [0.717, 1.165) is 42.2 Å². The quantitative estimate of drug-likeness (QED) is 0.549. The zero-order valence-electron chi connectivity index (χ0n) is 19.2. The lowest BCUT2D eigenvalue weighted by molar-refractivity contribution is 0.0694. The van der Waals surface area contributed by atoms with Crippen LogP contribution in [0.4, 0.5) is 0 Å². The van der Waals surface area contributed by atoms with Gasteiger partial charge < -0.3 is 20.3 Å². The minimum atomic E-state index is -0.247. The summed E-state index contributed by atoms with van der Waals surface area (Å²) < 4.78 is 6.15. The number of benzene rings is 2. The van der Waals surface area contributed by atoms with Gasteiger partial charge in [-0.2, -0.15) is 0 Å². The van der Waals surface area contributed by atoms with Crippen molar-refractivity contribution in [1.82, 2.24) is 15.5 Å². The molecule has 0 fully saturated rings. The summed E-state index contributed by atoms with van der Waals surface area (Å²) in [5, 5.41) is 6.95. The summed E-state index contributed by atoms with van der Waals surface area (Å²) in [6.45, 7) is 7.71. The summed E-state index contributed by atoms with van der Waals surface area (Å²) in [4.78, 5) is 18.6. The molecule has 3 rings (SSSR count). The van der Waals surface area contributed by atoms with Crippen LogP contribution < -0.4 is 15.4 Å². The van der Waals surface area contributed by atoms with Crippen LogP contribution in [0.2, 0.25) is 0 Å². The summed E-state index contributed by atoms with van der Waals surface area (Å²) in [7, 11) is 3.53. The molecular formula is C25H34N4O2. The normalized spacial score (nSPS) is 17.3. The molecule has 6 nitrogen and oxygen atoms in total. The molecule has 31 heavy (non-hydrogen) atoms. The third-order valence-corrected chi connectivity index (χ3v) is 5.28. The second-order valence-corrected chi connectivity index (χ2v) is 8.71. The topological polar surface area (TPSA) is 66.0 Å². The van der Waals surface area contributed by atoms with Gasteiger partial charge in [-0.05, 0) is 51.0 Å². The number of hydrogen-bond acceptors (Lipinski definition) is 3.